The minimum absolute atomic E-state index is 0.638. The molecule has 1 aromatic rings. The van der Waals surface area contributed by atoms with E-state index >= 15 is 0 Å². The smallest absolute Gasteiger partial charge is 0.0485 e. The van der Waals surface area contributed by atoms with E-state index in [4.69, 9.17) is 4.74 Å². The molecule has 134 valence electrons. The van der Waals surface area contributed by atoms with Crippen LogP contribution in [0.25, 0.3) is 0 Å². The van der Waals surface area contributed by atoms with Crippen molar-refractivity contribution in [2.75, 3.05) is 37.7 Å². The van der Waals surface area contributed by atoms with Gasteiger partial charge in [-0.15, -0.1) is 0 Å². The molecule has 3 heteroatoms. The van der Waals surface area contributed by atoms with Crippen molar-refractivity contribution in [3.63, 3.8) is 0 Å². The second-order valence-electron chi connectivity index (χ2n) is 7.28. The molecule has 2 aliphatic heterocycles. The molecular weight excluding hydrogens is 296 g/mol. The minimum Gasteiger partial charge on any atom is -0.381 e. The van der Waals surface area contributed by atoms with E-state index in [0.29, 0.717) is 6.04 Å². The topological polar surface area (TPSA) is 15.7 Å². The molecule has 0 N–H and O–H groups in total. The number of hydrogen-bond acceptors (Lipinski definition) is 3. The number of benzene rings is 1. The quantitative estimate of drug-likeness (QED) is 0.776. The van der Waals surface area contributed by atoms with E-state index in [1.807, 2.05) is 0 Å². The van der Waals surface area contributed by atoms with Crippen molar-refractivity contribution in [1.82, 2.24) is 4.90 Å². The van der Waals surface area contributed by atoms with Gasteiger partial charge in [0.25, 0.3) is 0 Å². The van der Waals surface area contributed by atoms with Gasteiger partial charge in [-0.25, -0.2) is 0 Å². The monoisotopic (exact) mass is 330 g/mol. The molecule has 0 atom stereocenters. The molecule has 0 spiro atoms. The number of aryl methyl sites for hydroxylation is 1. The highest BCUT2D eigenvalue weighted by molar-refractivity contribution is 5.56. The molecule has 0 bridgehead atoms. The van der Waals surface area contributed by atoms with Crippen LogP contribution in [0, 0.1) is 0 Å². The van der Waals surface area contributed by atoms with Gasteiger partial charge in [0.05, 0.1) is 0 Å². The van der Waals surface area contributed by atoms with Crippen molar-refractivity contribution < 1.29 is 4.74 Å². The number of piperidine rings is 1. The van der Waals surface area contributed by atoms with Gasteiger partial charge in [-0.2, -0.15) is 0 Å². The highest BCUT2D eigenvalue weighted by Gasteiger charge is 2.22. The first-order chi connectivity index (χ1) is 11.8. The van der Waals surface area contributed by atoms with Gasteiger partial charge in [0, 0.05) is 38.0 Å². The number of hydrogen-bond donors (Lipinski definition) is 0. The van der Waals surface area contributed by atoms with Crippen molar-refractivity contribution in [3.05, 3.63) is 29.3 Å². The number of ether oxygens (including phenoxy) is 1. The minimum atomic E-state index is 0.638. The van der Waals surface area contributed by atoms with Crippen LogP contribution in [0.15, 0.2) is 18.2 Å². The fourth-order valence-corrected chi connectivity index (χ4v) is 4.27. The van der Waals surface area contributed by atoms with Gasteiger partial charge in [-0.1, -0.05) is 25.5 Å². The van der Waals surface area contributed by atoms with Crippen LogP contribution in [0.4, 0.5) is 5.69 Å². The van der Waals surface area contributed by atoms with Gasteiger partial charge >= 0.3 is 0 Å². The fraction of sp³-hybridized carbons (Fsp3) is 0.714. The first kappa shape index (κ1) is 17.8. The largest absolute Gasteiger partial charge is 0.381 e. The molecule has 2 saturated heterocycles. The molecule has 3 rings (SSSR count). The highest BCUT2D eigenvalue weighted by atomic mass is 16.5. The number of likely N-dealkylation sites (tertiary alicyclic amines) is 1. The lowest BCUT2D eigenvalue weighted by Gasteiger charge is -2.37. The Kier molecular flexibility index (Phi) is 6.56. The molecule has 0 aromatic heterocycles. The average Bonchev–Trinajstić information content (AvgIpc) is 2.64. The predicted octanol–water partition coefficient (Wildman–Crippen LogP) is 4.24. The lowest BCUT2D eigenvalue weighted by Crippen LogP contribution is -2.40. The Balaban J connectivity index is 1.79. The molecule has 0 amide bonds. The molecule has 3 nitrogen and oxygen atoms in total. The molecule has 0 radical (unpaired) electrons. The van der Waals surface area contributed by atoms with E-state index < -0.39 is 0 Å². The van der Waals surface area contributed by atoms with Crippen LogP contribution in [0.2, 0.25) is 0 Å². The Hall–Kier alpha value is -1.06. The van der Waals surface area contributed by atoms with Crippen LogP contribution >= 0.6 is 0 Å². The molecule has 2 aliphatic rings. The van der Waals surface area contributed by atoms with E-state index in [2.05, 4.69) is 41.8 Å². The van der Waals surface area contributed by atoms with Crippen molar-refractivity contribution >= 4 is 5.69 Å². The average molecular weight is 331 g/mol. The maximum absolute atomic E-state index is 5.58. The summed E-state index contributed by atoms with van der Waals surface area (Å²) < 4.78 is 5.58. The van der Waals surface area contributed by atoms with Crippen molar-refractivity contribution in [2.24, 2.45) is 0 Å². The zero-order valence-electron chi connectivity index (χ0n) is 15.6. The maximum Gasteiger partial charge on any atom is 0.0485 e. The zero-order valence-corrected chi connectivity index (χ0v) is 15.6. The first-order valence-electron chi connectivity index (χ1n) is 10.00. The molecule has 1 aromatic carbocycles. The molecule has 24 heavy (non-hydrogen) atoms. The van der Waals surface area contributed by atoms with Crippen molar-refractivity contribution in [1.29, 1.82) is 0 Å². The normalized spacial score (nSPS) is 20.2. The summed E-state index contributed by atoms with van der Waals surface area (Å²) in [6.45, 7) is 11.1. The maximum atomic E-state index is 5.58. The summed E-state index contributed by atoms with van der Waals surface area (Å²) >= 11 is 0. The van der Waals surface area contributed by atoms with E-state index in [-0.39, 0.29) is 0 Å². The summed E-state index contributed by atoms with van der Waals surface area (Å²) in [5.41, 5.74) is 4.45. The Labute approximate surface area is 148 Å². The van der Waals surface area contributed by atoms with Gasteiger partial charge in [0.2, 0.25) is 0 Å². The zero-order chi connectivity index (χ0) is 16.8. The Morgan fingerprint density at radius 2 is 1.83 bits per heavy atom. The summed E-state index contributed by atoms with van der Waals surface area (Å²) in [5, 5.41) is 0. The second kappa shape index (κ2) is 8.87. The standard InChI is InChI=1S/C21H34N2O/c1-3-19-9-8-18(17-22-12-6-5-7-13-22)16-21(19)23(4-2)20-10-14-24-15-11-20/h8-9,16,20H,3-7,10-15,17H2,1-2H3. The third kappa shape index (κ3) is 4.31. The second-order valence-corrected chi connectivity index (χ2v) is 7.28. The van der Waals surface area contributed by atoms with E-state index in [0.717, 1.165) is 45.6 Å². The van der Waals surface area contributed by atoms with Gasteiger partial charge in [-0.3, -0.25) is 4.90 Å². The molecule has 0 unspecified atom stereocenters. The summed E-state index contributed by atoms with van der Waals surface area (Å²) in [4.78, 5) is 5.26. The molecule has 2 heterocycles. The third-order valence-corrected chi connectivity index (χ3v) is 5.67. The Morgan fingerprint density at radius 1 is 1.08 bits per heavy atom. The predicted molar refractivity (Wildman–Crippen MR) is 102 cm³/mol. The van der Waals surface area contributed by atoms with Gasteiger partial charge in [0.1, 0.15) is 0 Å². The first-order valence-corrected chi connectivity index (χ1v) is 10.00. The molecule has 0 aliphatic carbocycles. The molecule has 0 saturated carbocycles. The molecular formula is C21H34N2O. The van der Waals surface area contributed by atoms with Crippen molar-refractivity contribution in [3.8, 4) is 0 Å². The van der Waals surface area contributed by atoms with Crippen LogP contribution in [0.3, 0.4) is 0 Å². The van der Waals surface area contributed by atoms with Gasteiger partial charge < -0.3 is 9.64 Å². The van der Waals surface area contributed by atoms with Gasteiger partial charge in [-0.05, 0) is 69.3 Å². The number of rotatable bonds is 6. The summed E-state index contributed by atoms with van der Waals surface area (Å²) in [6, 6.07) is 7.84. The number of nitrogens with zero attached hydrogens (tertiary/aromatic N) is 2. The number of anilines is 1. The van der Waals surface area contributed by atoms with Crippen LogP contribution in [0.5, 0.6) is 0 Å². The van der Waals surface area contributed by atoms with Crippen LogP contribution in [-0.2, 0) is 17.7 Å². The van der Waals surface area contributed by atoms with Crippen LogP contribution in [0.1, 0.15) is 57.1 Å². The summed E-state index contributed by atoms with van der Waals surface area (Å²) in [6.07, 6.45) is 7.57. The Bertz CT molecular complexity index is 505. The summed E-state index contributed by atoms with van der Waals surface area (Å²) in [7, 11) is 0. The van der Waals surface area contributed by atoms with Crippen LogP contribution < -0.4 is 4.90 Å². The van der Waals surface area contributed by atoms with E-state index in [1.165, 1.54) is 49.2 Å². The highest BCUT2D eigenvalue weighted by Crippen LogP contribution is 2.29. The van der Waals surface area contributed by atoms with E-state index in [9.17, 15) is 0 Å². The fourth-order valence-electron chi connectivity index (χ4n) is 4.27. The van der Waals surface area contributed by atoms with E-state index in [1.54, 1.807) is 0 Å². The lowest BCUT2D eigenvalue weighted by atomic mass is 10.0. The van der Waals surface area contributed by atoms with Crippen molar-refractivity contribution in [2.45, 2.75) is 65.0 Å². The lowest BCUT2D eigenvalue weighted by molar-refractivity contribution is 0.0846. The summed E-state index contributed by atoms with van der Waals surface area (Å²) in [5.74, 6) is 0. The SMILES string of the molecule is CCc1ccc(CN2CCCCC2)cc1N(CC)C1CCOCC1. The van der Waals surface area contributed by atoms with Crippen LogP contribution in [-0.4, -0.2) is 43.8 Å². The third-order valence-electron chi connectivity index (χ3n) is 5.67. The van der Waals surface area contributed by atoms with Gasteiger partial charge in [0.15, 0.2) is 0 Å². The molecule has 2 fully saturated rings. The Morgan fingerprint density at radius 3 is 2.50 bits per heavy atom.